The molecular formula is C28H30N4O3. The third kappa shape index (κ3) is 4.23. The zero-order valence-electron chi connectivity index (χ0n) is 20.4. The molecule has 2 aromatic carbocycles. The number of carbonyl (C=O) groups excluding carboxylic acids is 2. The number of nitrogens with one attached hydrogen (secondary N) is 3. The predicted molar refractivity (Wildman–Crippen MR) is 138 cm³/mol. The monoisotopic (exact) mass is 470 g/mol. The van der Waals surface area contributed by atoms with Crippen molar-refractivity contribution in [1.82, 2.24) is 15.2 Å². The van der Waals surface area contributed by atoms with Gasteiger partial charge in [-0.1, -0.05) is 24.3 Å². The number of hydrogen-bond acceptors (Lipinski definition) is 4. The maximum absolute atomic E-state index is 13.3. The van der Waals surface area contributed by atoms with Crippen LogP contribution in [0, 0.1) is 6.92 Å². The van der Waals surface area contributed by atoms with Gasteiger partial charge in [0.2, 0.25) is 0 Å². The number of H-pyrrole nitrogens is 1. The number of hydrogen-bond donors (Lipinski definition) is 3. The van der Waals surface area contributed by atoms with Gasteiger partial charge in [0.15, 0.2) is 0 Å². The minimum absolute atomic E-state index is 0.0128. The summed E-state index contributed by atoms with van der Waals surface area (Å²) in [4.78, 5) is 31.4. The first-order chi connectivity index (χ1) is 16.9. The van der Waals surface area contributed by atoms with Gasteiger partial charge in [-0.25, -0.2) is 0 Å². The first-order valence-corrected chi connectivity index (χ1v) is 11.9. The Labute approximate surface area is 205 Å². The number of methoxy groups -OCH3 is 1. The van der Waals surface area contributed by atoms with E-state index in [1.165, 1.54) is 0 Å². The Balaban J connectivity index is 1.51. The molecule has 2 aliphatic heterocycles. The van der Waals surface area contributed by atoms with Crippen LogP contribution in [-0.2, 0) is 4.79 Å². The molecule has 0 unspecified atom stereocenters. The summed E-state index contributed by atoms with van der Waals surface area (Å²) in [6.07, 6.45) is 3.61. The van der Waals surface area contributed by atoms with E-state index in [1.54, 1.807) is 13.3 Å². The fourth-order valence-electron chi connectivity index (χ4n) is 5.09. The topological polar surface area (TPSA) is 86.5 Å². The van der Waals surface area contributed by atoms with Crippen molar-refractivity contribution in [2.75, 3.05) is 25.5 Å². The van der Waals surface area contributed by atoms with E-state index in [4.69, 9.17) is 4.74 Å². The minimum Gasteiger partial charge on any atom is -0.497 e. The Kier molecular flexibility index (Phi) is 5.94. The number of rotatable bonds is 4. The molecule has 3 heterocycles. The maximum Gasteiger partial charge on any atom is 0.256 e. The molecule has 5 rings (SSSR count). The first kappa shape index (κ1) is 22.9. The highest BCUT2D eigenvalue weighted by Crippen LogP contribution is 2.41. The summed E-state index contributed by atoms with van der Waals surface area (Å²) in [5.74, 6) is 0.630. The Morgan fingerprint density at radius 2 is 1.80 bits per heavy atom. The molecule has 35 heavy (non-hydrogen) atoms. The van der Waals surface area contributed by atoms with Gasteiger partial charge in [-0.2, -0.15) is 0 Å². The molecule has 3 N–H and O–H groups in total. The molecule has 0 spiro atoms. The van der Waals surface area contributed by atoms with E-state index in [-0.39, 0.29) is 23.9 Å². The lowest BCUT2D eigenvalue weighted by molar-refractivity contribution is -0.110. The largest absolute Gasteiger partial charge is 0.497 e. The molecule has 0 radical (unpaired) electrons. The molecule has 3 aromatic rings. The van der Waals surface area contributed by atoms with Gasteiger partial charge in [-0.3, -0.25) is 9.59 Å². The molecule has 1 aromatic heterocycles. The normalized spacial score (nSPS) is 20.6. The second-order valence-electron chi connectivity index (χ2n) is 9.39. The maximum atomic E-state index is 13.3. The van der Waals surface area contributed by atoms with E-state index in [9.17, 15) is 9.59 Å². The van der Waals surface area contributed by atoms with Crippen LogP contribution < -0.4 is 15.4 Å². The lowest BCUT2D eigenvalue weighted by Gasteiger charge is -2.36. The van der Waals surface area contributed by atoms with Gasteiger partial charge in [0.1, 0.15) is 5.75 Å². The Bertz CT molecular complexity index is 1310. The average Bonchev–Trinajstić information content (AvgIpc) is 3.37. The van der Waals surface area contributed by atoms with Crippen molar-refractivity contribution in [2.45, 2.75) is 32.9 Å². The van der Waals surface area contributed by atoms with E-state index >= 15 is 0 Å². The number of ether oxygens (including phenoxy) is 1. The van der Waals surface area contributed by atoms with Gasteiger partial charge in [-0.15, -0.1) is 0 Å². The number of aromatic nitrogens is 1. The SMILES string of the molecule is COc1ccc(-c2cccc3c2C(=Cc2[nH]cc(C(=O)N4C[C@H](C)N[C@@H](C)C4)c2C)C(=O)N3)cc1. The molecule has 0 saturated carbocycles. The van der Waals surface area contributed by atoms with Crippen molar-refractivity contribution in [3.8, 4) is 16.9 Å². The fourth-order valence-corrected chi connectivity index (χ4v) is 5.09. The zero-order chi connectivity index (χ0) is 24.7. The number of piperazine rings is 1. The minimum atomic E-state index is -0.160. The molecule has 1 fully saturated rings. The van der Waals surface area contributed by atoms with Gasteiger partial charge in [0.05, 0.1) is 18.2 Å². The fraction of sp³-hybridized carbons (Fsp3) is 0.286. The van der Waals surface area contributed by atoms with Crippen LogP contribution in [0.4, 0.5) is 5.69 Å². The molecule has 7 heteroatoms. The van der Waals surface area contributed by atoms with Gasteiger partial charge >= 0.3 is 0 Å². The van der Waals surface area contributed by atoms with Crippen LogP contribution in [0.25, 0.3) is 22.8 Å². The van der Waals surface area contributed by atoms with Crippen LogP contribution in [0.15, 0.2) is 48.7 Å². The van der Waals surface area contributed by atoms with E-state index in [0.29, 0.717) is 24.2 Å². The highest BCUT2D eigenvalue weighted by molar-refractivity contribution is 6.36. The summed E-state index contributed by atoms with van der Waals surface area (Å²) in [6.45, 7) is 7.45. The van der Waals surface area contributed by atoms with Crippen molar-refractivity contribution in [3.05, 3.63) is 71.0 Å². The summed E-state index contributed by atoms with van der Waals surface area (Å²) in [5.41, 5.74) is 6.38. The van der Waals surface area contributed by atoms with Crippen LogP contribution in [0.5, 0.6) is 5.75 Å². The van der Waals surface area contributed by atoms with Crippen LogP contribution >= 0.6 is 0 Å². The summed E-state index contributed by atoms with van der Waals surface area (Å²) in [6, 6.07) is 14.1. The van der Waals surface area contributed by atoms with Gasteiger partial charge in [0, 0.05) is 48.3 Å². The number of amides is 2. The molecule has 2 aliphatic rings. The third-order valence-corrected chi connectivity index (χ3v) is 6.77. The number of carbonyl (C=O) groups is 2. The van der Waals surface area contributed by atoms with Crippen molar-refractivity contribution in [1.29, 1.82) is 0 Å². The van der Waals surface area contributed by atoms with E-state index < -0.39 is 0 Å². The van der Waals surface area contributed by atoms with E-state index in [2.05, 4.69) is 29.5 Å². The predicted octanol–water partition coefficient (Wildman–Crippen LogP) is 4.31. The van der Waals surface area contributed by atoms with Crippen LogP contribution in [0.3, 0.4) is 0 Å². The molecule has 7 nitrogen and oxygen atoms in total. The lowest BCUT2D eigenvalue weighted by atomic mass is 9.94. The number of nitrogens with zero attached hydrogens (tertiary/aromatic N) is 1. The molecule has 0 bridgehead atoms. The zero-order valence-corrected chi connectivity index (χ0v) is 20.4. The van der Waals surface area contributed by atoms with Gasteiger partial charge in [-0.05, 0) is 61.7 Å². The van der Waals surface area contributed by atoms with Crippen molar-refractivity contribution in [2.24, 2.45) is 0 Å². The Hall–Kier alpha value is -3.84. The highest BCUT2D eigenvalue weighted by atomic mass is 16.5. The standard InChI is InChI=1S/C28H30N4O3/c1-16-14-32(15-17(2)30-16)28(34)23-13-29-25(18(23)3)12-22-26-21(6-5-7-24(26)31-27(22)33)19-8-10-20(35-4)11-9-19/h5-13,16-17,29-30H,14-15H2,1-4H3,(H,31,33)/t16-,17-/m0/s1. The second-order valence-corrected chi connectivity index (χ2v) is 9.39. The Morgan fingerprint density at radius 3 is 2.49 bits per heavy atom. The molecule has 2 amide bonds. The Morgan fingerprint density at radius 1 is 1.09 bits per heavy atom. The number of benzene rings is 2. The summed E-state index contributed by atoms with van der Waals surface area (Å²) in [7, 11) is 1.64. The average molecular weight is 471 g/mol. The second kappa shape index (κ2) is 9.07. The number of anilines is 1. The van der Waals surface area contributed by atoms with Crippen molar-refractivity contribution in [3.63, 3.8) is 0 Å². The summed E-state index contributed by atoms with van der Waals surface area (Å²) < 4.78 is 5.29. The van der Waals surface area contributed by atoms with Gasteiger partial charge in [0.25, 0.3) is 11.8 Å². The molecular weight excluding hydrogens is 440 g/mol. The smallest absolute Gasteiger partial charge is 0.256 e. The van der Waals surface area contributed by atoms with E-state index in [1.807, 2.05) is 60.4 Å². The molecule has 2 atom stereocenters. The van der Waals surface area contributed by atoms with Crippen LogP contribution in [-0.4, -0.2) is 54.0 Å². The van der Waals surface area contributed by atoms with Crippen LogP contribution in [0.1, 0.15) is 41.0 Å². The lowest BCUT2D eigenvalue weighted by Crippen LogP contribution is -2.55. The summed E-state index contributed by atoms with van der Waals surface area (Å²) >= 11 is 0. The quantitative estimate of drug-likeness (QED) is 0.496. The molecule has 180 valence electrons. The van der Waals surface area contributed by atoms with Crippen LogP contribution in [0.2, 0.25) is 0 Å². The number of aromatic amines is 1. The molecule has 1 saturated heterocycles. The van der Waals surface area contributed by atoms with Crippen molar-refractivity contribution < 1.29 is 14.3 Å². The van der Waals surface area contributed by atoms with E-state index in [0.717, 1.165) is 39.4 Å². The van der Waals surface area contributed by atoms with Crippen molar-refractivity contribution >= 4 is 29.2 Å². The summed E-state index contributed by atoms with van der Waals surface area (Å²) in [5, 5.41) is 6.44. The highest BCUT2D eigenvalue weighted by Gasteiger charge is 2.30. The van der Waals surface area contributed by atoms with Gasteiger partial charge < -0.3 is 25.3 Å². The third-order valence-electron chi connectivity index (χ3n) is 6.77. The number of fused-ring (bicyclic) bond motifs is 1. The first-order valence-electron chi connectivity index (χ1n) is 11.9. The molecule has 0 aliphatic carbocycles.